The summed E-state index contributed by atoms with van der Waals surface area (Å²) in [7, 11) is 0. The average Bonchev–Trinajstić information content (AvgIpc) is 3.21. The van der Waals surface area contributed by atoms with Crippen molar-refractivity contribution in [2.24, 2.45) is 0 Å². The van der Waals surface area contributed by atoms with Gasteiger partial charge in [0.25, 0.3) is 5.91 Å². The van der Waals surface area contributed by atoms with Gasteiger partial charge in [-0.1, -0.05) is 43.7 Å². The van der Waals surface area contributed by atoms with E-state index >= 15 is 0 Å². The molecular formula is C27H27FN2O2S. The molecule has 0 saturated carbocycles. The molecule has 0 bridgehead atoms. The van der Waals surface area contributed by atoms with Gasteiger partial charge in [0.15, 0.2) is 0 Å². The number of hydrogen-bond donors (Lipinski definition) is 1. The fraction of sp³-hybridized carbons (Fsp3) is 0.259. The van der Waals surface area contributed by atoms with Gasteiger partial charge in [0.05, 0.1) is 11.4 Å². The van der Waals surface area contributed by atoms with Gasteiger partial charge in [0.1, 0.15) is 11.2 Å². The van der Waals surface area contributed by atoms with Crippen LogP contribution < -0.4 is 10.2 Å². The molecule has 1 N–H and O–H groups in total. The van der Waals surface area contributed by atoms with Crippen LogP contribution in [0.3, 0.4) is 0 Å². The zero-order valence-electron chi connectivity index (χ0n) is 18.8. The Morgan fingerprint density at radius 2 is 1.82 bits per heavy atom. The van der Waals surface area contributed by atoms with E-state index in [-0.39, 0.29) is 23.0 Å². The quantitative estimate of drug-likeness (QED) is 0.436. The number of unbranched alkanes of at least 4 members (excludes halogenated alkanes) is 1. The molecule has 4 nitrogen and oxygen atoms in total. The van der Waals surface area contributed by atoms with Gasteiger partial charge in [0, 0.05) is 16.8 Å². The van der Waals surface area contributed by atoms with Crippen LogP contribution in [0.4, 0.5) is 15.8 Å². The first-order chi connectivity index (χ1) is 16.0. The maximum atomic E-state index is 14.1. The Balaban J connectivity index is 1.47. The maximum Gasteiger partial charge on any atom is 0.255 e. The van der Waals surface area contributed by atoms with Gasteiger partial charge < -0.3 is 5.32 Å². The number of hydrogen-bond acceptors (Lipinski definition) is 3. The van der Waals surface area contributed by atoms with Crippen LogP contribution in [0.25, 0.3) is 0 Å². The zero-order chi connectivity index (χ0) is 23.4. The van der Waals surface area contributed by atoms with Crippen molar-refractivity contribution >= 4 is 35.0 Å². The van der Waals surface area contributed by atoms with Crippen molar-refractivity contribution in [2.45, 2.75) is 38.5 Å². The summed E-state index contributed by atoms with van der Waals surface area (Å²) in [5.41, 5.74) is 4.51. The van der Waals surface area contributed by atoms with Crippen LogP contribution in [-0.2, 0) is 11.2 Å². The first-order valence-corrected chi connectivity index (χ1v) is 12.2. The summed E-state index contributed by atoms with van der Waals surface area (Å²) in [6.45, 7) is 3.85. The smallest absolute Gasteiger partial charge is 0.255 e. The van der Waals surface area contributed by atoms with E-state index in [1.165, 1.54) is 23.4 Å². The number of carbonyl (C=O) groups excluding carboxylic acids is 2. The topological polar surface area (TPSA) is 49.4 Å². The number of carbonyl (C=O) groups is 2. The molecule has 170 valence electrons. The number of aryl methyl sites for hydroxylation is 1. The molecule has 1 fully saturated rings. The van der Waals surface area contributed by atoms with Crippen LogP contribution in [0.15, 0.2) is 66.7 Å². The molecule has 6 heteroatoms. The minimum Gasteiger partial charge on any atom is -0.322 e. The van der Waals surface area contributed by atoms with Gasteiger partial charge in [-0.2, -0.15) is 0 Å². The van der Waals surface area contributed by atoms with Gasteiger partial charge in [-0.05, 0) is 67.3 Å². The van der Waals surface area contributed by atoms with Crippen LogP contribution in [0.2, 0.25) is 0 Å². The summed E-state index contributed by atoms with van der Waals surface area (Å²) < 4.78 is 14.1. The summed E-state index contributed by atoms with van der Waals surface area (Å²) in [5.74, 6) is -0.189. The number of amides is 2. The Morgan fingerprint density at radius 1 is 1.09 bits per heavy atom. The third kappa shape index (κ3) is 5.11. The number of halogens is 1. The molecule has 0 spiro atoms. The SMILES string of the molecule is CCCCc1ccc(C(=O)Nc2ccc(C3SCC(=O)N3c3cccc(F)c3C)cc2)cc1. The zero-order valence-corrected chi connectivity index (χ0v) is 19.6. The highest BCUT2D eigenvalue weighted by Gasteiger charge is 2.35. The summed E-state index contributed by atoms with van der Waals surface area (Å²) in [4.78, 5) is 26.9. The van der Waals surface area contributed by atoms with Crippen molar-refractivity contribution in [3.63, 3.8) is 0 Å². The van der Waals surface area contributed by atoms with E-state index in [0.717, 1.165) is 24.8 Å². The number of nitrogens with zero attached hydrogens (tertiary/aromatic N) is 1. The molecule has 0 aliphatic carbocycles. The maximum absolute atomic E-state index is 14.1. The summed E-state index contributed by atoms with van der Waals surface area (Å²) in [5, 5.41) is 2.69. The van der Waals surface area contributed by atoms with Gasteiger partial charge in [0.2, 0.25) is 5.91 Å². The van der Waals surface area contributed by atoms with Gasteiger partial charge in [-0.15, -0.1) is 11.8 Å². The predicted molar refractivity (Wildman–Crippen MR) is 133 cm³/mol. The van der Waals surface area contributed by atoms with Crippen LogP contribution >= 0.6 is 11.8 Å². The lowest BCUT2D eigenvalue weighted by atomic mass is 10.1. The number of nitrogens with one attached hydrogen (secondary N) is 1. The third-order valence-electron chi connectivity index (χ3n) is 5.86. The molecule has 33 heavy (non-hydrogen) atoms. The Morgan fingerprint density at radius 3 is 2.52 bits per heavy atom. The van der Waals surface area contributed by atoms with E-state index < -0.39 is 0 Å². The fourth-order valence-electron chi connectivity index (χ4n) is 3.93. The molecule has 4 rings (SSSR count). The molecule has 0 radical (unpaired) electrons. The van der Waals surface area contributed by atoms with Crippen molar-refractivity contribution in [1.29, 1.82) is 0 Å². The van der Waals surface area contributed by atoms with Crippen molar-refractivity contribution in [3.8, 4) is 0 Å². The molecule has 1 atom stereocenters. The van der Waals surface area contributed by atoms with Crippen LogP contribution in [0.5, 0.6) is 0 Å². The molecule has 1 saturated heterocycles. The van der Waals surface area contributed by atoms with E-state index in [1.807, 2.05) is 48.5 Å². The molecule has 0 aromatic heterocycles. The Labute approximate surface area is 198 Å². The number of benzene rings is 3. The summed E-state index contributed by atoms with van der Waals surface area (Å²) >= 11 is 1.51. The molecule has 1 aliphatic heterocycles. The Kier molecular flexibility index (Phi) is 7.14. The molecule has 2 amide bonds. The van der Waals surface area contributed by atoms with Crippen molar-refractivity contribution in [2.75, 3.05) is 16.0 Å². The second-order valence-corrected chi connectivity index (χ2v) is 9.26. The lowest BCUT2D eigenvalue weighted by Crippen LogP contribution is -2.28. The van der Waals surface area contributed by atoms with E-state index in [4.69, 9.17) is 0 Å². The van der Waals surface area contributed by atoms with E-state index in [1.54, 1.807) is 24.0 Å². The molecule has 1 aliphatic rings. The highest BCUT2D eigenvalue weighted by atomic mass is 32.2. The summed E-state index contributed by atoms with van der Waals surface area (Å²) in [6.07, 6.45) is 3.30. The van der Waals surface area contributed by atoms with E-state index in [0.29, 0.717) is 28.3 Å². The minimum atomic E-state index is -0.326. The van der Waals surface area contributed by atoms with Crippen molar-refractivity contribution in [3.05, 3.63) is 94.8 Å². The highest BCUT2D eigenvalue weighted by molar-refractivity contribution is 8.00. The van der Waals surface area contributed by atoms with Crippen LogP contribution in [-0.4, -0.2) is 17.6 Å². The average molecular weight is 463 g/mol. The van der Waals surface area contributed by atoms with E-state index in [9.17, 15) is 14.0 Å². The molecule has 3 aromatic carbocycles. The van der Waals surface area contributed by atoms with Crippen molar-refractivity contribution in [1.82, 2.24) is 0 Å². The molecule has 1 heterocycles. The van der Waals surface area contributed by atoms with E-state index in [2.05, 4.69) is 12.2 Å². The minimum absolute atomic E-state index is 0.0431. The van der Waals surface area contributed by atoms with Gasteiger partial charge in [-0.3, -0.25) is 14.5 Å². The monoisotopic (exact) mass is 462 g/mol. The number of anilines is 2. The summed E-state index contributed by atoms with van der Waals surface area (Å²) in [6, 6.07) is 20.0. The Hall–Kier alpha value is -3.12. The largest absolute Gasteiger partial charge is 0.322 e. The lowest BCUT2D eigenvalue weighted by Gasteiger charge is -2.26. The van der Waals surface area contributed by atoms with Crippen molar-refractivity contribution < 1.29 is 14.0 Å². The normalized spacial score (nSPS) is 15.7. The Bertz CT molecular complexity index is 1150. The highest BCUT2D eigenvalue weighted by Crippen LogP contribution is 2.43. The molecular weight excluding hydrogens is 435 g/mol. The van der Waals surface area contributed by atoms with Crippen LogP contribution in [0, 0.1) is 12.7 Å². The lowest BCUT2D eigenvalue weighted by molar-refractivity contribution is -0.115. The van der Waals surface area contributed by atoms with Gasteiger partial charge >= 0.3 is 0 Å². The second kappa shape index (κ2) is 10.2. The first-order valence-electron chi connectivity index (χ1n) is 11.2. The first kappa shape index (κ1) is 23.1. The number of rotatable bonds is 7. The standard InChI is InChI=1S/C27H27FN2O2S/c1-3-4-6-19-9-11-20(12-10-19)26(32)29-22-15-13-21(14-16-22)27-30(25(31)17-33-27)24-8-5-7-23(28)18(24)2/h5,7-16,27H,3-4,6,17H2,1-2H3,(H,29,32). The number of thioether (sulfide) groups is 1. The second-order valence-electron chi connectivity index (χ2n) is 8.19. The molecule has 1 unspecified atom stereocenters. The molecule has 3 aromatic rings. The third-order valence-corrected chi connectivity index (χ3v) is 7.07. The predicted octanol–water partition coefficient (Wildman–Crippen LogP) is 6.51. The van der Waals surface area contributed by atoms with Gasteiger partial charge in [-0.25, -0.2) is 4.39 Å². The fourth-order valence-corrected chi connectivity index (χ4v) is 5.10. The van der Waals surface area contributed by atoms with Crippen LogP contribution in [0.1, 0.15) is 52.2 Å².